The van der Waals surface area contributed by atoms with Crippen molar-refractivity contribution in [2.24, 2.45) is 0 Å². The fraction of sp³-hybridized carbons (Fsp3) is 0.750. The van der Waals surface area contributed by atoms with Gasteiger partial charge in [-0.15, -0.1) is 0 Å². The third-order valence-electron chi connectivity index (χ3n) is 3.08. The molecular weight excluding hydrogens is 270 g/mol. The van der Waals surface area contributed by atoms with Crippen molar-refractivity contribution >= 4 is 23.4 Å². The van der Waals surface area contributed by atoms with Crippen LogP contribution in [0.3, 0.4) is 0 Å². The predicted molar refractivity (Wildman–Crippen MR) is 78.3 cm³/mol. The highest BCUT2D eigenvalue weighted by molar-refractivity contribution is 7.99. The molecule has 0 radical (unpaired) electrons. The highest BCUT2D eigenvalue weighted by Crippen LogP contribution is 2.20. The smallest absolute Gasteiger partial charge is 0.0860 e. The summed E-state index contributed by atoms with van der Waals surface area (Å²) in [6, 6.07) is 0.224. The van der Waals surface area contributed by atoms with Gasteiger partial charge in [0.1, 0.15) is 0 Å². The molecule has 0 aliphatic rings. The maximum atomic E-state index is 9.25. The zero-order chi connectivity index (χ0) is 13.7. The Hall–Kier alpha value is -0.230. The van der Waals surface area contributed by atoms with Gasteiger partial charge in [0.25, 0.3) is 0 Å². The van der Waals surface area contributed by atoms with Crippen LogP contribution >= 0.6 is 23.4 Å². The van der Waals surface area contributed by atoms with Crippen LogP contribution in [0.5, 0.6) is 0 Å². The number of nitrogens with one attached hydrogen (secondary N) is 1. The largest absolute Gasteiger partial charge is 0.395 e. The minimum Gasteiger partial charge on any atom is -0.395 e. The monoisotopic (exact) mass is 291 g/mol. The second-order valence-corrected chi connectivity index (χ2v) is 5.74. The van der Waals surface area contributed by atoms with E-state index in [1.54, 1.807) is 11.8 Å². The minimum absolute atomic E-state index is 0.176. The van der Waals surface area contributed by atoms with Crippen molar-refractivity contribution in [1.29, 1.82) is 0 Å². The van der Waals surface area contributed by atoms with E-state index in [4.69, 9.17) is 11.6 Å². The molecule has 0 aliphatic carbocycles. The Morgan fingerprint density at radius 2 is 2.22 bits per heavy atom. The first-order valence-electron chi connectivity index (χ1n) is 6.13. The second-order valence-electron chi connectivity index (χ2n) is 4.29. The van der Waals surface area contributed by atoms with Gasteiger partial charge in [0, 0.05) is 24.4 Å². The van der Waals surface area contributed by atoms with Gasteiger partial charge < -0.3 is 10.4 Å². The van der Waals surface area contributed by atoms with Gasteiger partial charge in [0.2, 0.25) is 0 Å². The molecule has 1 aromatic rings. The lowest BCUT2D eigenvalue weighted by atomic mass is 10.2. The van der Waals surface area contributed by atoms with E-state index >= 15 is 0 Å². The Labute approximate surface area is 118 Å². The normalized spacial score (nSPS) is 14.8. The first-order chi connectivity index (χ1) is 8.54. The molecule has 0 saturated carbocycles. The van der Waals surface area contributed by atoms with E-state index in [1.165, 1.54) is 0 Å². The van der Waals surface area contributed by atoms with Crippen molar-refractivity contribution in [3.05, 3.63) is 16.4 Å². The number of hydrogen-bond donors (Lipinski definition) is 2. The van der Waals surface area contributed by atoms with Crippen LogP contribution in [0.4, 0.5) is 0 Å². The van der Waals surface area contributed by atoms with Gasteiger partial charge >= 0.3 is 0 Å². The number of aryl methyl sites for hydroxylation is 2. The molecular formula is C12H22ClN3OS. The summed E-state index contributed by atoms with van der Waals surface area (Å²) in [5, 5.41) is 18.0. The summed E-state index contributed by atoms with van der Waals surface area (Å²) in [6.07, 6.45) is 2.01. The highest BCUT2D eigenvalue weighted by Gasteiger charge is 2.17. The molecule has 0 bridgehead atoms. The fourth-order valence-corrected chi connectivity index (χ4v) is 2.72. The second kappa shape index (κ2) is 7.38. The number of thioether (sulfide) groups is 1. The summed E-state index contributed by atoms with van der Waals surface area (Å²) in [4.78, 5) is 0. The predicted octanol–water partition coefficient (Wildman–Crippen LogP) is 2.07. The van der Waals surface area contributed by atoms with Gasteiger partial charge in [-0.05, 0) is 27.0 Å². The van der Waals surface area contributed by atoms with Crippen LogP contribution in [-0.4, -0.2) is 39.0 Å². The van der Waals surface area contributed by atoms with Crippen LogP contribution in [0.15, 0.2) is 0 Å². The van der Waals surface area contributed by atoms with Gasteiger partial charge in [0.15, 0.2) is 0 Å². The maximum absolute atomic E-state index is 9.25. The van der Waals surface area contributed by atoms with Gasteiger partial charge in [0.05, 0.1) is 23.0 Å². The number of aromatic nitrogens is 2. The summed E-state index contributed by atoms with van der Waals surface area (Å²) in [5.41, 5.74) is 1.88. The van der Waals surface area contributed by atoms with Crippen molar-refractivity contribution < 1.29 is 5.11 Å². The number of aliphatic hydroxyl groups is 1. The van der Waals surface area contributed by atoms with E-state index in [1.807, 2.05) is 24.8 Å². The fourth-order valence-electron chi connectivity index (χ4n) is 1.86. The number of rotatable bonds is 7. The molecule has 2 atom stereocenters. The van der Waals surface area contributed by atoms with Gasteiger partial charge in [-0.25, -0.2) is 0 Å². The lowest BCUT2D eigenvalue weighted by Gasteiger charge is -2.21. The molecule has 2 N–H and O–H groups in total. The Kier molecular flexibility index (Phi) is 6.49. The Morgan fingerprint density at radius 3 is 2.72 bits per heavy atom. The maximum Gasteiger partial charge on any atom is 0.0860 e. The summed E-state index contributed by atoms with van der Waals surface area (Å²) >= 11 is 7.91. The molecule has 1 aromatic heterocycles. The summed E-state index contributed by atoms with van der Waals surface area (Å²) in [5.74, 6) is 0. The summed E-state index contributed by atoms with van der Waals surface area (Å²) < 4.78 is 1.92. The van der Waals surface area contributed by atoms with Crippen molar-refractivity contribution in [2.75, 3.05) is 12.9 Å². The van der Waals surface area contributed by atoms with E-state index in [9.17, 15) is 5.11 Å². The molecule has 0 fully saturated rings. The number of halogens is 1. The van der Waals surface area contributed by atoms with Crippen LogP contribution in [0.25, 0.3) is 0 Å². The zero-order valence-electron chi connectivity index (χ0n) is 11.4. The molecule has 0 saturated heterocycles. The number of hydrogen-bond acceptors (Lipinski definition) is 4. The lowest BCUT2D eigenvalue weighted by Crippen LogP contribution is -2.37. The molecule has 1 rings (SSSR count). The highest BCUT2D eigenvalue weighted by atomic mass is 35.5. The Bertz CT molecular complexity index is 380. The molecule has 4 nitrogen and oxygen atoms in total. The Balaban J connectivity index is 2.68. The lowest BCUT2D eigenvalue weighted by molar-refractivity contribution is 0.275. The topological polar surface area (TPSA) is 50.1 Å². The van der Waals surface area contributed by atoms with E-state index in [2.05, 4.69) is 17.3 Å². The Morgan fingerprint density at radius 1 is 1.56 bits per heavy atom. The average molecular weight is 292 g/mol. The first-order valence-corrected chi connectivity index (χ1v) is 7.80. The van der Waals surface area contributed by atoms with Crippen LogP contribution < -0.4 is 5.32 Å². The van der Waals surface area contributed by atoms with Crippen molar-refractivity contribution in [3.8, 4) is 0 Å². The quantitative estimate of drug-likeness (QED) is 0.807. The van der Waals surface area contributed by atoms with Crippen molar-refractivity contribution in [3.63, 3.8) is 0 Å². The summed E-state index contributed by atoms with van der Waals surface area (Å²) in [7, 11) is 0. The van der Waals surface area contributed by atoms with E-state index in [0.29, 0.717) is 6.54 Å². The van der Waals surface area contributed by atoms with E-state index < -0.39 is 0 Å². The molecule has 104 valence electrons. The van der Waals surface area contributed by atoms with Crippen LogP contribution in [0.1, 0.15) is 25.2 Å². The summed E-state index contributed by atoms with van der Waals surface area (Å²) in [6.45, 7) is 7.70. The van der Waals surface area contributed by atoms with Crippen LogP contribution in [-0.2, 0) is 13.1 Å². The third kappa shape index (κ3) is 3.63. The zero-order valence-corrected chi connectivity index (χ0v) is 13.0. The molecule has 6 heteroatoms. The van der Waals surface area contributed by atoms with E-state index in [-0.39, 0.29) is 17.9 Å². The average Bonchev–Trinajstić information content (AvgIpc) is 2.64. The van der Waals surface area contributed by atoms with Crippen molar-refractivity contribution in [1.82, 2.24) is 15.1 Å². The molecule has 2 unspecified atom stereocenters. The number of nitrogens with zero attached hydrogens (tertiary/aromatic N) is 2. The van der Waals surface area contributed by atoms with Crippen LogP contribution in [0, 0.1) is 6.92 Å². The molecule has 0 aromatic carbocycles. The molecule has 18 heavy (non-hydrogen) atoms. The first kappa shape index (κ1) is 15.8. The van der Waals surface area contributed by atoms with Gasteiger partial charge in [-0.2, -0.15) is 16.9 Å². The number of aliphatic hydroxyl groups excluding tert-OH is 1. The van der Waals surface area contributed by atoms with Crippen molar-refractivity contribution in [2.45, 2.75) is 45.2 Å². The van der Waals surface area contributed by atoms with Gasteiger partial charge in [-0.1, -0.05) is 11.6 Å². The van der Waals surface area contributed by atoms with Gasteiger partial charge in [-0.3, -0.25) is 4.68 Å². The molecule has 0 spiro atoms. The standard InChI is InChI=1S/C12H22ClN3OS/c1-5-16-10(12(13)9(3)15-16)6-14-8(2)11(7-17)18-4/h8,11,14,17H,5-7H2,1-4H3. The minimum atomic E-state index is 0.176. The molecule has 1 heterocycles. The third-order valence-corrected chi connectivity index (χ3v) is 4.74. The molecule has 0 aliphatic heterocycles. The molecule has 0 amide bonds. The van der Waals surface area contributed by atoms with Crippen LogP contribution in [0.2, 0.25) is 5.02 Å². The van der Waals surface area contributed by atoms with E-state index in [0.717, 1.165) is 23.0 Å². The SMILES string of the molecule is CCn1nc(C)c(Cl)c1CNC(C)C(CO)SC.